The highest BCUT2D eigenvalue weighted by atomic mass is 35.7. The van der Waals surface area contributed by atoms with Crippen LogP contribution in [0.3, 0.4) is 0 Å². The normalized spacial score (nSPS) is 11.2. The Labute approximate surface area is 94.6 Å². The van der Waals surface area contributed by atoms with Gasteiger partial charge in [0.15, 0.2) is 11.6 Å². The van der Waals surface area contributed by atoms with Gasteiger partial charge in [-0.2, -0.15) is 0 Å². The first-order valence-corrected chi connectivity index (χ1v) is 6.24. The number of carbonyl (C=O) groups is 1. The van der Waals surface area contributed by atoms with E-state index in [-0.39, 0.29) is 0 Å². The molecule has 0 bridgehead atoms. The molecule has 1 aromatic carbocycles. The summed E-state index contributed by atoms with van der Waals surface area (Å²) in [6.45, 7) is 1.06. The van der Waals surface area contributed by atoms with E-state index < -0.39 is 37.2 Å². The Balaban J connectivity index is 3.34. The second-order valence-corrected chi connectivity index (χ2v) is 5.45. The second kappa shape index (κ2) is 4.34. The standard InChI is InChI=1S/C8H6ClF2NO3S/c1-4(13)12-8-6(10)2-5(3-7(8)11)16(9,14)15/h2-3H,1H3,(H,12,13). The van der Waals surface area contributed by atoms with Crippen LogP contribution in [0.5, 0.6) is 0 Å². The summed E-state index contributed by atoms with van der Waals surface area (Å²) in [7, 11) is 0.699. The minimum atomic E-state index is -4.21. The van der Waals surface area contributed by atoms with Crippen LogP contribution in [-0.2, 0) is 13.8 Å². The van der Waals surface area contributed by atoms with Gasteiger partial charge in [0.05, 0.1) is 4.90 Å². The molecule has 0 atom stereocenters. The van der Waals surface area contributed by atoms with Crippen LogP contribution < -0.4 is 5.32 Å². The number of benzene rings is 1. The van der Waals surface area contributed by atoms with Gasteiger partial charge in [-0.3, -0.25) is 4.79 Å². The van der Waals surface area contributed by atoms with Crippen molar-refractivity contribution in [1.82, 2.24) is 0 Å². The first kappa shape index (κ1) is 12.9. The van der Waals surface area contributed by atoms with Crippen LogP contribution in [0.2, 0.25) is 0 Å². The molecule has 0 heterocycles. The number of carbonyl (C=O) groups excluding carboxylic acids is 1. The number of hydrogen-bond acceptors (Lipinski definition) is 3. The lowest BCUT2D eigenvalue weighted by molar-refractivity contribution is -0.114. The average Bonchev–Trinajstić information content (AvgIpc) is 2.09. The maximum absolute atomic E-state index is 13.2. The fraction of sp³-hybridized carbons (Fsp3) is 0.125. The van der Waals surface area contributed by atoms with E-state index in [2.05, 4.69) is 0 Å². The number of rotatable bonds is 2. The minimum Gasteiger partial charge on any atom is -0.321 e. The molecule has 1 N–H and O–H groups in total. The quantitative estimate of drug-likeness (QED) is 0.834. The zero-order valence-electron chi connectivity index (χ0n) is 7.92. The highest BCUT2D eigenvalue weighted by molar-refractivity contribution is 8.13. The van der Waals surface area contributed by atoms with Gasteiger partial charge in [0.1, 0.15) is 5.69 Å². The van der Waals surface area contributed by atoms with Crippen molar-refractivity contribution in [3.05, 3.63) is 23.8 Å². The van der Waals surface area contributed by atoms with E-state index in [1.165, 1.54) is 0 Å². The number of hydrogen-bond donors (Lipinski definition) is 1. The van der Waals surface area contributed by atoms with Gasteiger partial charge in [-0.15, -0.1) is 0 Å². The van der Waals surface area contributed by atoms with Crippen LogP contribution in [0.25, 0.3) is 0 Å². The van der Waals surface area contributed by atoms with Crippen LogP contribution in [0.4, 0.5) is 14.5 Å². The predicted molar refractivity (Wildman–Crippen MR) is 53.7 cm³/mol. The molecule has 8 heteroatoms. The molecule has 0 fully saturated rings. The van der Waals surface area contributed by atoms with Crippen molar-refractivity contribution in [3.63, 3.8) is 0 Å². The third-order valence-corrected chi connectivity index (χ3v) is 2.93. The summed E-state index contributed by atoms with van der Waals surface area (Å²) in [5.74, 6) is -3.11. The SMILES string of the molecule is CC(=O)Nc1c(F)cc(S(=O)(=O)Cl)cc1F. The van der Waals surface area contributed by atoms with Crippen molar-refractivity contribution in [3.8, 4) is 0 Å². The molecular weight excluding hydrogens is 264 g/mol. The first-order valence-electron chi connectivity index (χ1n) is 3.93. The molecule has 16 heavy (non-hydrogen) atoms. The van der Waals surface area contributed by atoms with Crippen molar-refractivity contribution in [2.75, 3.05) is 5.32 Å². The predicted octanol–water partition coefficient (Wildman–Crippen LogP) is 1.85. The summed E-state index contributed by atoms with van der Waals surface area (Å²) in [4.78, 5) is 9.90. The molecule has 0 aliphatic heterocycles. The van der Waals surface area contributed by atoms with Crippen LogP contribution in [-0.4, -0.2) is 14.3 Å². The number of anilines is 1. The number of halogens is 3. The Morgan fingerprint density at radius 1 is 1.31 bits per heavy atom. The fourth-order valence-electron chi connectivity index (χ4n) is 0.986. The Morgan fingerprint density at radius 2 is 1.75 bits per heavy atom. The van der Waals surface area contributed by atoms with Crippen molar-refractivity contribution in [1.29, 1.82) is 0 Å². The van der Waals surface area contributed by atoms with E-state index in [1.807, 2.05) is 5.32 Å². The molecule has 4 nitrogen and oxygen atoms in total. The molecule has 88 valence electrons. The molecule has 0 spiro atoms. The molecule has 0 saturated heterocycles. The van der Waals surface area contributed by atoms with Crippen LogP contribution in [0, 0.1) is 11.6 Å². The summed E-state index contributed by atoms with van der Waals surface area (Å²) in [6.07, 6.45) is 0. The van der Waals surface area contributed by atoms with Crippen molar-refractivity contribution in [2.24, 2.45) is 0 Å². The molecule has 1 amide bonds. The zero-order chi connectivity index (χ0) is 12.5. The molecule has 0 radical (unpaired) electrons. The van der Waals surface area contributed by atoms with Gasteiger partial charge in [0, 0.05) is 17.6 Å². The third kappa shape index (κ3) is 2.89. The van der Waals surface area contributed by atoms with E-state index in [0.29, 0.717) is 12.1 Å². The molecular formula is C8H6ClF2NO3S. The Morgan fingerprint density at radius 3 is 2.06 bits per heavy atom. The Hall–Kier alpha value is -1.21. The third-order valence-electron chi connectivity index (χ3n) is 1.60. The summed E-state index contributed by atoms with van der Waals surface area (Å²) in [6, 6.07) is 1.05. The van der Waals surface area contributed by atoms with E-state index in [0.717, 1.165) is 6.92 Å². The molecule has 1 rings (SSSR count). The van der Waals surface area contributed by atoms with Gasteiger partial charge >= 0.3 is 0 Å². The van der Waals surface area contributed by atoms with E-state index in [1.54, 1.807) is 0 Å². The smallest absolute Gasteiger partial charge is 0.261 e. The monoisotopic (exact) mass is 269 g/mol. The fourth-order valence-corrected chi connectivity index (χ4v) is 1.74. The van der Waals surface area contributed by atoms with Crippen LogP contribution in [0.15, 0.2) is 17.0 Å². The van der Waals surface area contributed by atoms with Gasteiger partial charge in [0.2, 0.25) is 5.91 Å². The molecule has 0 aromatic heterocycles. The Kier molecular flexibility index (Phi) is 3.49. The largest absolute Gasteiger partial charge is 0.321 e. The molecule has 0 saturated carbocycles. The van der Waals surface area contributed by atoms with Crippen molar-refractivity contribution >= 4 is 31.3 Å². The number of nitrogens with one attached hydrogen (secondary N) is 1. The van der Waals surface area contributed by atoms with Crippen LogP contribution >= 0.6 is 10.7 Å². The maximum atomic E-state index is 13.2. The van der Waals surface area contributed by atoms with Gasteiger partial charge in [-0.1, -0.05) is 0 Å². The highest BCUT2D eigenvalue weighted by Crippen LogP contribution is 2.25. The Bertz CT molecular complexity index is 521. The van der Waals surface area contributed by atoms with Crippen molar-refractivity contribution in [2.45, 2.75) is 11.8 Å². The van der Waals surface area contributed by atoms with E-state index >= 15 is 0 Å². The molecule has 0 aliphatic rings. The number of amides is 1. The second-order valence-electron chi connectivity index (χ2n) is 2.88. The van der Waals surface area contributed by atoms with E-state index in [9.17, 15) is 22.0 Å². The average molecular weight is 270 g/mol. The zero-order valence-corrected chi connectivity index (χ0v) is 9.49. The highest BCUT2D eigenvalue weighted by Gasteiger charge is 2.18. The summed E-state index contributed by atoms with van der Waals surface area (Å²) in [5.41, 5.74) is -0.712. The lowest BCUT2D eigenvalue weighted by Gasteiger charge is -2.06. The van der Waals surface area contributed by atoms with Crippen LogP contribution in [0.1, 0.15) is 6.92 Å². The minimum absolute atomic E-state index is 0.524. The molecule has 0 unspecified atom stereocenters. The van der Waals surface area contributed by atoms with Crippen molar-refractivity contribution < 1.29 is 22.0 Å². The van der Waals surface area contributed by atoms with Gasteiger partial charge in [0.25, 0.3) is 9.05 Å². The molecule has 0 aliphatic carbocycles. The maximum Gasteiger partial charge on any atom is 0.261 e. The van der Waals surface area contributed by atoms with Gasteiger partial charge in [-0.25, -0.2) is 17.2 Å². The topological polar surface area (TPSA) is 63.2 Å². The van der Waals surface area contributed by atoms with Gasteiger partial charge in [-0.05, 0) is 12.1 Å². The van der Waals surface area contributed by atoms with Gasteiger partial charge < -0.3 is 5.32 Å². The summed E-state index contributed by atoms with van der Waals surface area (Å²) < 4.78 is 48.1. The summed E-state index contributed by atoms with van der Waals surface area (Å²) >= 11 is 0. The summed E-state index contributed by atoms with van der Waals surface area (Å²) in [5, 5.41) is 1.89. The lowest BCUT2D eigenvalue weighted by Crippen LogP contribution is -2.10. The lowest BCUT2D eigenvalue weighted by atomic mass is 10.3. The van der Waals surface area contributed by atoms with E-state index in [4.69, 9.17) is 10.7 Å². The first-order chi connectivity index (χ1) is 7.21. The molecule has 1 aromatic rings.